The number of rotatable bonds is 5. The molecule has 0 saturated heterocycles. The van der Waals surface area contributed by atoms with E-state index in [9.17, 15) is 4.79 Å². The number of nitrogens with zero attached hydrogens (tertiary/aromatic N) is 1. The van der Waals surface area contributed by atoms with Crippen LogP contribution in [0.2, 0.25) is 0 Å². The fourth-order valence-electron chi connectivity index (χ4n) is 2.15. The summed E-state index contributed by atoms with van der Waals surface area (Å²) < 4.78 is 0.950. The van der Waals surface area contributed by atoms with E-state index in [1.54, 1.807) is 0 Å². The highest BCUT2D eigenvalue weighted by Crippen LogP contribution is 2.17. The lowest BCUT2D eigenvalue weighted by Crippen LogP contribution is -2.33. The maximum Gasteiger partial charge on any atom is 0.243 e. The molecule has 0 aliphatic rings. The van der Waals surface area contributed by atoms with Gasteiger partial charge in [-0.3, -0.25) is 4.79 Å². The van der Waals surface area contributed by atoms with Gasteiger partial charge in [0.2, 0.25) is 5.91 Å². The second kappa shape index (κ2) is 7.27. The van der Waals surface area contributed by atoms with Crippen molar-refractivity contribution >= 4 is 33.2 Å². The van der Waals surface area contributed by atoms with E-state index in [0.717, 1.165) is 22.4 Å². The molecule has 1 amide bonds. The third kappa shape index (κ3) is 4.60. The summed E-state index contributed by atoms with van der Waals surface area (Å²) in [5.74, 6) is -0.0172. The molecule has 0 aliphatic carbocycles. The van der Waals surface area contributed by atoms with E-state index in [1.807, 2.05) is 36.4 Å². The Kier molecular flexibility index (Phi) is 5.39. The van der Waals surface area contributed by atoms with Crippen molar-refractivity contribution in [2.75, 3.05) is 23.3 Å². The zero-order valence-corrected chi connectivity index (χ0v) is 13.9. The number of amides is 1. The van der Waals surface area contributed by atoms with Crippen LogP contribution in [0.3, 0.4) is 0 Å². The molecule has 2 aromatic rings. The maximum atomic E-state index is 12.2. The Morgan fingerprint density at radius 2 is 1.95 bits per heavy atom. The number of aryl methyl sites for hydroxylation is 1. The van der Waals surface area contributed by atoms with Crippen LogP contribution in [0, 0.1) is 6.92 Å². The van der Waals surface area contributed by atoms with Crippen LogP contribution in [0.25, 0.3) is 0 Å². The molecule has 110 valence electrons. The van der Waals surface area contributed by atoms with Crippen molar-refractivity contribution in [2.24, 2.45) is 0 Å². The molecule has 21 heavy (non-hydrogen) atoms. The molecule has 2 rings (SSSR count). The van der Waals surface area contributed by atoms with Crippen molar-refractivity contribution in [2.45, 2.75) is 13.8 Å². The van der Waals surface area contributed by atoms with Gasteiger partial charge in [-0.25, -0.2) is 0 Å². The molecule has 0 heterocycles. The first-order valence-electron chi connectivity index (χ1n) is 6.95. The van der Waals surface area contributed by atoms with Crippen LogP contribution in [0.5, 0.6) is 0 Å². The highest BCUT2D eigenvalue weighted by Gasteiger charge is 2.10. The largest absolute Gasteiger partial charge is 0.362 e. The van der Waals surface area contributed by atoms with E-state index >= 15 is 0 Å². The number of nitrogens with one attached hydrogen (secondary N) is 1. The summed E-state index contributed by atoms with van der Waals surface area (Å²) in [4.78, 5) is 14.2. The highest BCUT2D eigenvalue weighted by atomic mass is 79.9. The van der Waals surface area contributed by atoms with Crippen LogP contribution in [-0.4, -0.2) is 19.0 Å². The number of hydrogen-bond donors (Lipinski definition) is 1. The number of hydrogen-bond acceptors (Lipinski definition) is 2. The van der Waals surface area contributed by atoms with Crippen LogP contribution in [0.15, 0.2) is 53.0 Å². The zero-order chi connectivity index (χ0) is 15.2. The summed E-state index contributed by atoms with van der Waals surface area (Å²) in [5, 5.41) is 2.92. The van der Waals surface area contributed by atoms with Crippen molar-refractivity contribution in [3.63, 3.8) is 0 Å². The summed E-state index contributed by atoms with van der Waals surface area (Å²) in [5.41, 5.74) is 3.06. The van der Waals surface area contributed by atoms with Crippen molar-refractivity contribution < 1.29 is 4.79 Å². The minimum absolute atomic E-state index is 0.0172. The normalized spacial score (nSPS) is 10.2. The van der Waals surface area contributed by atoms with Crippen molar-refractivity contribution in [3.8, 4) is 0 Å². The molecule has 3 nitrogen and oxygen atoms in total. The van der Waals surface area contributed by atoms with Gasteiger partial charge in [0.15, 0.2) is 0 Å². The predicted molar refractivity (Wildman–Crippen MR) is 91.8 cm³/mol. The number of carbonyl (C=O) groups is 1. The number of halogens is 1. The molecule has 0 fully saturated rings. The molecule has 1 N–H and O–H groups in total. The van der Waals surface area contributed by atoms with Crippen LogP contribution in [-0.2, 0) is 4.79 Å². The Morgan fingerprint density at radius 3 is 2.62 bits per heavy atom. The topological polar surface area (TPSA) is 32.3 Å². The predicted octanol–water partition coefficient (Wildman–Crippen LogP) is 4.22. The first-order valence-corrected chi connectivity index (χ1v) is 7.75. The minimum atomic E-state index is -0.0172. The first-order chi connectivity index (χ1) is 10.1. The second-order valence-electron chi connectivity index (χ2n) is 4.91. The van der Waals surface area contributed by atoms with Gasteiger partial charge < -0.3 is 10.2 Å². The van der Waals surface area contributed by atoms with Crippen molar-refractivity contribution in [3.05, 3.63) is 58.6 Å². The Labute approximate surface area is 134 Å². The number of carbonyl (C=O) groups excluding carboxylic acids is 1. The van der Waals surface area contributed by atoms with Gasteiger partial charge in [-0.05, 0) is 49.7 Å². The molecule has 0 saturated carbocycles. The van der Waals surface area contributed by atoms with Crippen LogP contribution in [0.4, 0.5) is 11.4 Å². The Bertz CT molecular complexity index is 628. The highest BCUT2D eigenvalue weighted by molar-refractivity contribution is 9.10. The molecule has 0 atom stereocenters. The molecule has 0 aromatic heterocycles. The van der Waals surface area contributed by atoms with E-state index in [2.05, 4.69) is 52.1 Å². The van der Waals surface area contributed by atoms with E-state index in [-0.39, 0.29) is 5.91 Å². The first kappa shape index (κ1) is 15.6. The fraction of sp³-hybridized carbons (Fsp3) is 0.235. The van der Waals surface area contributed by atoms with Crippen molar-refractivity contribution in [1.29, 1.82) is 0 Å². The summed E-state index contributed by atoms with van der Waals surface area (Å²) in [6.07, 6.45) is 0. The SMILES string of the molecule is CCN(CC(=O)Nc1cccc(Br)c1)c1cccc(C)c1. The summed E-state index contributed by atoms with van der Waals surface area (Å²) in [6.45, 7) is 5.23. The van der Waals surface area contributed by atoms with Gasteiger partial charge in [-0.1, -0.05) is 34.1 Å². The summed E-state index contributed by atoms with van der Waals surface area (Å²) >= 11 is 3.40. The summed E-state index contributed by atoms with van der Waals surface area (Å²) in [7, 11) is 0. The third-order valence-corrected chi connectivity index (χ3v) is 3.68. The second-order valence-corrected chi connectivity index (χ2v) is 5.83. The molecular formula is C17H19BrN2O. The minimum Gasteiger partial charge on any atom is -0.362 e. The standard InChI is InChI=1S/C17H19BrN2O/c1-3-20(16-9-4-6-13(2)10-16)12-17(21)19-15-8-5-7-14(18)11-15/h4-11H,3,12H2,1-2H3,(H,19,21). The van der Waals surface area contributed by atoms with E-state index in [1.165, 1.54) is 5.56 Å². The van der Waals surface area contributed by atoms with Gasteiger partial charge in [-0.15, -0.1) is 0 Å². The van der Waals surface area contributed by atoms with E-state index < -0.39 is 0 Å². The van der Waals surface area contributed by atoms with Gasteiger partial charge >= 0.3 is 0 Å². The van der Waals surface area contributed by atoms with Gasteiger partial charge in [0, 0.05) is 22.4 Å². The van der Waals surface area contributed by atoms with Gasteiger partial charge in [0.05, 0.1) is 6.54 Å². The van der Waals surface area contributed by atoms with Gasteiger partial charge in [-0.2, -0.15) is 0 Å². The molecular weight excluding hydrogens is 328 g/mol. The average Bonchev–Trinajstić information content (AvgIpc) is 2.44. The smallest absolute Gasteiger partial charge is 0.243 e. The monoisotopic (exact) mass is 346 g/mol. The van der Waals surface area contributed by atoms with Gasteiger partial charge in [0.1, 0.15) is 0 Å². The van der Waals surface area contributed by atoms with Crippen LogP contribution < -0.4 is 10.2 Å². The third-order valence-electron chi connectivity index (χ3n) is 3.19. The average molecular weight is 347 g/mol. The molecule has 0 bridgehead atoms. The zero-order valence-electron chi connectivity index (χ0n) is 12.3. The lowest BCUT2D eigenvalue weighted by Gasteiger charge is -2.23. The summed E-state index contributed by atoms with van der Waals surface area (Å²) in [6, 6.07) is 15.8. The number of likely N-dealkylation sites (N-methyl/N-ethyl adjacent to an activating group) is 1. The Morgan fingerprint density at radius 1 is 1.19 bits per heavy atom. The number of anilines is 2. The van der Waals surface area contributed by atoms with Crippen molar-refractivity contribution in [1.82, 2.24) is 0 Å². The lowest BCUT2D eigenvalue weighted by atomic mass is 10.2. The van der Waals surface area contributed by atoms with Crippen LogP contribution >= 0.6 is 15.9 Å². The maximum absolute atomic E-state index is 12.2. The number of benzene rings is 2. The molecule has 0 spiro atoms. The lowest BCUT2D eigenvalue weighted by molar-refractivity contribution is -0.115. The molecule has 4 heteroatoms. The molecule has 0 unspecified atom stereocenters. The molecule has 2 aromatic carbocycles. The fourth-order valence-corrected chi connectivity index (χ4v) is 2.55. The van der Waals surface area contributed by atoms with Gasteiger partial charge in [0.25, 0.3) is 0 Å². The quantitative estimate of drug-likeness (QED) is 0.878. The van der Waals surface area contributed by atoms with E-state index in [4.69, 9.17) is 0 Å². The Balaban J connectivity index is 2.03. The molecule has 0 radical (unpaired) electrons. The molecule has 0 aliphatic heterocycles. The Hall–Kier alpha value is -1.81. The van der Waals surface area contributed by atoms with Crippen LogP contribution in [0.1, 0.15) is 12.5 Å². The van der Waals surface area contributed by atoms with E-state index in [0.29, 0.717) is 6.54 Å².